The van der Waals surface area contributed by atoms with Crippen LogP contribution in [0.3, 0.4) is 0 Å². The monoisotopic (exact) mass is 491 g/mol. The number of nitrogens with zero attached hydrogens (tertiary/aromatic N) is 3. The first-order chi connectivity index (χ1) is 16.9. The topological polar surface area (TPSA) is 71.4 Å². The molecule has 2 aromatic heterocycles. The van der Waals surface area contributed by atoms with Crippen LogP contribution in [0.2, 0.25) is 0 Å². The van der Waals surface area contributed by atoms with Gasteiger partial charge in [-0.15, -0.1) is 0 Å². The Hall–Kier alpha value is -3.23. The van der Waals surface area contributed by atoms with Crippen molar-refractivity contribution in [3.05, 3.63) is 82.9 Å². The van der Waals surface area contributed by atoms with E-state index in [1.54, 1.807) is 13.3 Å². The van der Waals surface area contributed by atoms with Crippen LogP contribution < -0.4 is 10.6 Å². The summed E-state index contributed by atoms with van der Waals surface area (Å²) in [5, 5.41) is 7.12. The molecule has 1 aromatic carbocycles. The average Bonchev–Trinajstić information content (AvgIpc) is 3.31. The van der Waals surface area contributed by atoms with Gasteiger partial charge in [-0.25, -0.2) is 0 Å². The molecule has 2 N–H and O–H groups in total. The second kappa shape index (κ2) is 11.0. The lowest BCUT2D eigenvalue weighted by Crippen LogP contribution is -2.33. The molecule has 0 aliphatic carbocycles. The predicted molar refractivity (Wildman–Crippen MR) is 142 cm³/mol. The highest BCUT2D eigenvalue weighted by Crippen LogP contribution is 2.40. The van der Waals surface area contributed by atoms with Crippen molar-refractivity contribution >= 4 is 28.9 Å². The van der Waals surface area contributed by atoms with E-state index in [2.05, 4.69) is 45.0 Å². The largest absolute Gasteiger partial charge is 0.383 e. The van der Waals surface area contributed by atoms with Gasteiger partial charge in [-0.05, 0) is 74.4 Å². The van der Waals surface area contributed by atoms with E-state index in [9.17, 15) is 4.79 Å². The molecule has 1 fully saturated rings. The standard InChI is InChI=1S/C27H33N5O2S/c1-18-8-7-9-21(16-18)29-24(33)11-13-32-26(22-17-19(2)31(20(22)3)14-15-34-4)25(30-27(32)35)23-10-5-6-12-28-23/h5-10,12,16-17,25-26H,11,13-15H2,1-4H3,(H,29,33)(H,30,35)/t25-,26-/m1/s1. The number of thiocarbonyl (C=S) groups is 1. The molecule has 4 rings (SSSR count). The lowest BCUT2D eigenvalue weighted by atomic mass is 9.96. The van der Waals surface area contributed by atoms with Crippen molar-refractivity contribution in [1.29, 1.82) is 0 Å². The molecular weight excluding hydrogens is 458 g/mol. The normalized spacial score (nSPS) is 17.5. The van der Waals surface area contributed by atoms with Crippen LogP contribution >= 0.6 is 12.2 Å². The summed E-state index contributed by atoms with van der Waals surface area (Å²) in [5.74, 6) is -0.0380. The van der Waals surface area contributed by atoms with Crippen molar-refractivity contribution in [3.63, 3.8) is 0 Å². The Bertz CT molecular complexity index is 1190. The first kappa shape index (κ1) is 24.9. The summed E-state index contributed by atoms with van der Waals surface area (Å²) in [6.07, 6.45) is 2.13. The van der Waals surface area contributed by atoms with Crippen LogP contribution in [0.25, 0.3) is 0 Å². The van der Waals surface area contributed by atoms with Crippen molar-refractivity contribution in [3.8, 4) is 0 Å². The molecule has 1 saturated heterocycles. The lowest BCUT2D eigenvalue weighted by Gasteiger charge is -2.28. The number of amides is 1. The minimum Gasteiger partial charge on any atom is -0.383 e. The van der Waals surface area contributed by atoms with Gasteiger partial charge in [0.25, 0.3) is 0 Å². The Morgan fingerprint density at radius 3 is 2.69 bits per heavy atom. The van der Waals surface area contributed by atoms with Crippen LogP contribution in [0.4, 0.5) is 5.69 Å². The highest BCUT2D eigenvalue weighted by Gasteiger charge is 2.41. The number of ether oxygens (including phenoxy) is 1. The van der Waals surface area contributed by atoms with Crippen molar-refractivity contribution in [2.75, 3.05) is 25.6 Å². The molecule has 0 unspecified atom stereocenters. The summed E-state index contributed by atoms with van der Waals surface area (Å²) < 4.78 is 7.60. The third-order valence-electron chi connectivity index (χ3n) is 6.53. The number of nitrogens with one attached hydrogen (secondary N) is 2. The van der Waals surface area contributed by atoms with E-state index in [0.717, 1.165) is 23.5 Å². The Morgan fingerprint density at radius 1 is 1.14 bits per heavy atom. The van der Waals surface area contributed by atoms with E-state index in [0.29, 0.717) is 24.7 Å². The van der Waals surface area contributed by atoms with Crippen molar-refractivity contribution in [1.82, 2.24) is 19.8 Å². The van der Waals surface area contributed by atoms with Crippen molar-refractivity contribution in [2.45, 2.75) is 45.8 Å². The van der Waals surface area contributed by atoms with Crippen LogP contribution in [0.15, 0.2) is 54.7 Å². The third-order valence-corrected chi connectivity index (χ3v) is 6.88. The minimum atomic E-state index is -0.111. The van der Waals surface area contributed by atoms with Crippen molar-refractivity contribution in [2.24, 2.45) is 0 Å². The number of rotatable bonds is 9. The number of hydrogen-bond donors (Lipinski definition) is 2. The highest BCUT2D eigenvalue weighted by atomic mass is 32.1. The third kappa shape index (κ3) is 5.55. The summed E-state index contributed by atoms with van der Waals surface area (Å²) in [6.45, 7) is 8.18. The van der Waals surface area contributed by atoms with Gasteiger partial charge in [-0.1, -0.05) is 18.2 Å². The smallest absolute Gasteiger partial charge is 0.226 e. The van der Waals surface area contributed by atoms with Crippen molar-refractivity contribution < 1.29 is 9.53 Å². The van der Waals surface area contributed by atoms with Gasteiger partial charge < -0.3 is 24.8 Å². The Kier molecular flexibility index (Phi) is 7.83. The molecule has 1 amide bonds. The van der Waals surface area contributed by atoms with Crippen LogP contribution in [0, 0.1) is 20.8 Å². The first-order valence-electron chi connectivity index (χ1n) is 11.9. The molecule has 0 radical (unpaired) electrons. The van der Waals surface area contributed by atoms with Crippen LogP contribution in [0.1, 0.15) is 46.7 Å². The molecule has 184 valence electrons. The number of pyridine rings is 1. The fourth-order valence-corrected chi connectivity index (χ4v) is 5.14. The molecule has 1 aliphatic heterocycles. The fourth-order valence-electron chi connectivity index (χ4n) is 4.81. The van der Waals surface area contributed by atoms with Gasteiger partial charge in [0.05, 0.1) is 24.4 Å². The molecule has 1 aliphatic rings. The van der Waals surface area contributed by atoms with E-state index in [1.165, 1.54) is 17.0 Å². The molecule has 8 heteroatoms. The van der Waals surface area contributed by atoms with E-state index in [1.807, 2.05) is 49.4 Å². The fraction of sp³-hybridized carbons (Fsp3) is 0.370. The molecule has 0 spiro atoms. The molecule has 35 heavy (non-hydrogen) atoms. The minimum absolute atomic E-state index is 0.0380. The number of anilines is 1. The summed E-state index contributed by atoms with van der Waals surface area (Å²) >= 11 is 5.77. The number of carbonyl (C=O) groups is 1. The molecule has 3 heterocycles. The summed E-state index contributed by atoms with van der Waals surface area (Å²) in [7, 11) is 1.72. The number of aromatic nitrogens is 2. The number of aryl methyl sites for hydroxylation is 2. The average molecular weight is 492 g/mol. The van der Waals surface area contributed by atoms with E-state index in [4.69, 9.17) is 17.0 Å². The Balaban J connectivity index is 1.60. The van der Waals surface area contributed by atoms with Gasteiger partial charge in [0, 0.05) is 49.9 Å². The van der Waals surface area contributed by atoms with Gasteiger partial charge >= 0.3 is 0 Å². The Labute approximate surface area is 212 Å². The SMILES string of the molecule is COCCn1c(C)cc([C@@H]2[C@@H](c3ccccn3)NC(=S)N2CCC(=O)Nc2cccc(C)c2)c1C. The zero-order valence-electron chi connectivity index (χ0n) is 20.7. The summed E-state index contributed by atoms with van der Waals surface area (Å²) in [6, 6.07) is 15.8. The van der Waals surface area contributed by atoms with Gasteiger partial charge in [0.15, 0.2) is 5.11 Å². The second-order valence-electron chi connectivity index (χ2n) is 8.96. The van der Waals surface area contributed by atoms with Gasteiger partial charge in [0.2, 0.25) is 5.91 Å². The highest BCUT2D eigenvalue weighted by molar-refractivity contribution is 7.80. The molecule has 7 nitrogen and oxygen atoms in total. The van der Waals surface area contributed by atoms with Crippen LogP contribution in [0.5, 0.6) is 0 Å². The molecule has 3 aromatic rings. The number of carbonyl (C=O) groups excluding carboxylic acids is 1. The summed E-state index contributed by atoms with van der Waals surface area (Å²) in [4.78, 5) is 19.5. The quantitative estimate of drug-likeness (QED) is 0.431. The van der Waals surface area contributed by atoms with Gasteiger partial charge in [-0.2, -0.15) is 0 Å². The predicted octanol–water partition coefficient (Wildman–Crippen LogP) is 4.46. The van der Waals surface area contributed by atoms with Gasteiger partial charge in [-0.3, -0.25) is 9.78 Å². The maximum absolute atomic E-state index is 12.8. The van der Waals surface area contributed by atoms with Crippen LogP contribution in [-0.2, 0) is 16.1 Å². The zero-order chi connectivity index (χ0) is 24.9. The number of benzene rings is 1. The Morgan fingerprint density at radius 2 is 1.97 bits per heavy atom. The summed E-state index contributed by atoms with van der Waals surface area (Å²) in [5.41, 5.74) is 6.36. The van der Waals surface area contributed by atoms with Gasteiger partial charge in [0.1, 0.15) is 0 Å². The molecular formula is C27H33N5O2S. The van der Waals surface area contributed by atoms with Crippen LogP contribution in [-0.4, -0.2) is 45.7 Å². The van der Waals surface area contributed by atoms with E-state index >= 15 is 0 Å². The van der Waals surface area contributed by atoms with E-state index < -0.39 is 0 Å². The zero-order valence-corrected chi connectivity index (χ0v) is 21.6. The van der Waals surface area contributed by atoms with E-state index in [-0.39, 0.29) is 18.0 Å². The number of hydrogen-bond acceptors (Lipinski definition) is 4. The molecule has 0 saturated carbocycles. The molecule has 0 bridgehead atoms. The maximum Gasteiger partial charge on any atom is 0.226 e. The second-order valence-corrected chi connectivity index (χ2v) is 9.35. The first-order valence-corrected chi connectivity index (χ1v) is 12.3. The maximum atomic E-state index is 12.8. The lowest BCUT2D eigenvalue weighted by molar-refractivity contribution is -0.116. The number of methoxy groups -OCH3 is 1. The molecule has 2 atom stereocenters.